The molecule has 0 saturated carbocycles. The first-order valence-corrected chi connectivity index (χ1v) is 11.6. The van der Waals surface area contributed by atoms with Crippen LogP contribution < -0.4 is 10.1 Å². The summed E-state index contributed by atoms with van der Waals surface area (Å²) in [5, 5.41) is 13.0. The van der Waals surface area contributed by atoms with Crippen molar-refractivity contribution in [2.75, 3.05) is 11.1 Å². The number of benzene rings is 2. The summed E-state index contributed by atoms with van der Waals surface area (Å²) in [4.78, 5) is 12.3. The highest BCUT2D eigenvalue weighted by Gasteiger charge is 2.20. The molecular formula is C20H19BrCl2N4O2S. The summed E-state index contributed by atoms with van der Waals surface area (Å²) in [7, 11) is 0. The van der Waals surface area contributed by atoms with E-state index in [0.29, 0.717) is 33.3 Å². The number of aromatic nitrogens is 3. The van der Waals surface area contributed by atoms with E-state index < -0.39 is 0 Å². The number of nitrogens with one attached hydrogen (secondary N) is 1. The normalized spacial score (nSPS) is 11.9. The molecule has 0 aliphatic heterocycles. The Balaban J connectivity index is 1.64. The molecule has 30 heavy (non-hydrogen) atoms. The van der Waals surface area contributed by atoms with E-state index in [0.717, 1.165) is 10.2 Å². The van der Waals surface area contributed by atoms with Gasteiger partial charge >= 0.3 is 0 Å². The minimum absolute atomic E-state index is 0.119. The highest BCUT2D eigenvalue weighted by Crippen LogP contribution is 2.31. The fourth-order valence-corrected chi connectivity index (χ4v) is 4.21. The van der Waals surface area contributed by atoms with Gasteiger partial charge in [0.2, 0.25) is 5.91 Å². The van der Waals surface area contributed by atoms with Crippen LogP contribution in [0.2, 0.25) is 10.0 Å². The number of nitrogens with zero attached hydrogens (tertiary/aromatic N) is 3. The summed E-state index contributed by atoms with van der Waals surface area (Å²) >= 11 is 16.8. The molecule has 0 radical (unpaired) electrons. The second-order valence-electron chi connectivity index (χ2n) is 6.26. The number of amides is 1. The highest BCUT2D eigenvalue weighted by atomic mass is 79.9. The maximum absolute atomic E-state index is 12.3. The molecular weight excluding hydrogens is 511 g/mol. The topological polar surface area (TPSA) is 69.0 Å². The monoisotopic (exact) mass is 528 g/mol. The molecule has 0 fully saturated rings. The van der Waals surface area contributed by atoms with E-state index in [1.54, 1.807) is 18.2 Å². The third-order valence-corrected chi connectivity index (χ3v) is 6.11. The van der Waals surface area contributed by atoms with E-state index in [2.05, 4.69) is 31.4 Å². The number of anilines is 1. The van der Waals surface area contributed by atoms with Crippen LogP contribution in [0.25, 0.3) is 0 Å². The first-order chi connectivity index (χ1) is 14.4. The molecule has 3 aromatic rings. The summed E-state index contributed by atoms with van der Waals surface area (Å²) in [6.07, 6.45) is -0.387. The van der Waals surface area contributed by atoms with Crippen LogP contribution in [0.5, 0.6) is 5.75 Å². The minimum Gasteiger partial charge on any atom is -0.481 e. The molecule has 0 spiro atoms. The Labute approximate surface area is 197 Å². The van der Waals surface area contributed by atoms with Crippen LogP contribution in [-0.4, -0.2) is 26.4 Å². The number of hydrogen-bond donors (Lipinski definition) is 1. The molecule has 1 unspecified atom stereocenters. The lowest BCUT2D eigenvalue weighted by Crippen LogP contribution is -2.15. The van der Waals surface area contributed by atoms with Crippen LogP contribution >= 0.6 is 50.9 Å². The van der Waals surface area contributed by atoms with Crippen LogP contribution in [0.15, 0.2) is 52.1 Å². The SMILES string of the molecule is CCn1c(SCC(=O)Nc2ccc(Br)cc2)nnc1C(C)Oc1ccc(Cl)cc1Cl. The van der Waals surface area contributed by atoms with Gasteiger partial charge in [0, 0.05) is 21.7 Å². The van der Waals surface area contributed by atoms with Crippen LogP contribution in [0.4, 0.5) is 5.69 Å². The molecule has 0 bridgehead atoms. The van der Waals surface area contributed by atoms with Crippen molar-refractivity contribution in [2.24, 2.45) is 0 Å². The molecule has 1 aromatic heterocycles. The number of halogens is 3. The molecule has 158 valence electrons. The number of rotatable bonds is 8. The minimum atomic E-state index is -0.387. The van der Waals surface area contributed by atoms with Crippen LogP contribution in [0.3, 0.4) is 0 Å². The number of hydrogen-bond acceptors (Lipinski definition) is 5. The Kier molecular flexibility index (Phi) is 8.05. The summed E-state index contributed by atoms with van der Waals surface area (Å²) in [6, 6.07) is 12.5. The van der Waals surface area contributed by atoms with Crippen molar-refractivity contribution < 1.29 is 9.53 Å². The second kappa shape index (κ2) is 10.5. The molecule has 1 amide bonds. The zero-order valence-corrected chi connectivity index (χ0v) is 20.1. The summed E-state index contributed by atoms with van der Waals surface area (Å²) in [5.74, 6) is 1.26. The van der Waals surface area contributed by atoms with Gasteiger partial charge < -0.3 is 14.6 Å². The lowest BCUT2D eigenvalue weighted by atomic mass is 10.3. The predicted molar refractivity (Wildman–Crippen MR) is 125 cm³/mol. The van der Waals surface area contributed by atoms with Gasteiger partial charge in [0.15, 0.2) is 17.1 Å². The zero-order valence-electron chi connectivity index (χ0n) is 16.2. The molecule has 10 heteroatoms. The van der Waals surface area contributed by atoms with Gasteiger partial charge in [-0.25, -0.2) is 0 Å². The average molecular weight is 530 g/mol. The van der Waals surface area contributed by atoms with Crippen molar-refractivity contribution in [3.63, 3.8) is 0 Å². The second-order valence-corrected chi connectivity index (χ2v) is 8.97. The Morgan fingerprint density at radius 2 is 1.97 bits per heavy atom. The number of carbonyl (C=O) groups excluding carboxylic acids is 1. The quantitative estimate of drug-likeness (QED) is 0.350. The maximum atomic E-state index is 12.3. The van der Waals surface area contributed by atoms with Crippen molar-refractivity contribution in [1.29, 1.82) is 0 Å². The fourth-order valence-electron chi connectivity index (χ4n) is 2.68. The molecule has 0 aliphatic rings. The predicted octanol–water partition coefficient (Wildman–Crippen LogP) is 6.24. The Bertz CT molecular complexity index is 1030. The van der Waals surface area contributed by atoms with Gasteiger partial charge in [-0.3, -0.25) is 4.79 Å². The van der Waals surface area contributed by atoms with Gasteiger partial charge in [-0.2, -0.15) is 0 Å². The molecule has 0 saturated heterocycles. The van der Waals surface area contributed by atoms with E-state index in [9.17, 15) is 4.79 Å². The van der Waals surface area contributed by atoms with Gasteiger partial charge in [0.05, 0.1) is 10.8 Å². The van der Waals surface area contributed by atoms with Crippen molar-refractivity contribution in [2.45, 2.75) is 31.7 Å². The largest absolute Gasteiger partial charge is 0.481 e. The summed E-state index contributed by atoms with van der Waals surface area (Å²) in [6.45, 7) is 4.50. The standard InChI is InChI=1S/C20H19BrCl2N4O2S/c1-3-27-19(12(2)29-17-9-6-14(22)10-16(17)23)25-26-20(27)30-11-18(28)24-15-7-4-13(21)5-8-15/h4-10,12H,3,11H2,1-2H3,(H,24,28). The van der Waals surface area contributed by atoms with Gasteiger partial charge in [0.25, 0.3) is 0 Å². The lowest BCUT2D eigenvalue weighted by Gasteiger charge is -2.16. The van der Waals surface area contributed by atoms with Crippen LogP contribution in [0.1, 0.15) is 25.8 Å². The summed E-state index contributed by atoms with van der Waals surface area (Å²) in [5.41, 5.74) is 0.739. The molecule has 1 atom stereocenters. The number of carbonyl (C=O) groups is 1. The Morgan fingerprint density at radius 3 is 2.63 bits per heavy atom. The molecule has 1 heterocycles. The lowest BCUT2D eigenvalue weighted by molar-refractivity contribution is -0.113. The maximum Gasteiger partial charge on any atom is 0.234 e. The van der Waals surface area contributed by atoms with Crippen molar-refractivity contribution >= 4 is 62.5 Å². The van der Waals surface area contributed by atoms with E-state index in [4.69, 9.17) is 27.9 Å². The molecule has 2 aromatic carbocycles. The van der Waals surface area contributed by atoms with E-state index in [1.165, 1.54) is 11.8 Å². The van der Waals surface area contributed by atoms with Crippen molar-refractivity contribution in [3.05, 3.63) is 62.8 Å². The molecule has 3 rings (SSSR count). The number of thioether (sulfide) groups is 1. The van der Waals surface area contributed by atoms with Crippen LogP contribution in [0, 0.1) is 0 Å². The smallest absolute Gasteiger partial charge is 0.234 e. The first kappa shape index (κ1) is 22.9. The highest BCUT2D eigenvalue weighted by molar-refractivity contribution is 9.10. The van der Waals surface area contributed by atoms with Gasteiger partial charge in [-0.05, 0) is 56.3 Å². The molecule has 6 nitrogen and oxygen atoms in total. The third-order valence-electron chi connectivity index (χ3n) is 4.08. The fraction of sp³-hybridized carbons (Fsp3) is 0.250. The van der Waals surface area contributed by atoms with E-state index in [1.807, 2.05) is 42.7 Å². The van der Waals surface area contributed by atoms with E-state index in [-0.39, 0.29) is 17.8 Å². The summed E-state index contributed by atoms with van der Waals surface area (Å²) < 4.78 is 8.83. The van der Waals surface area contributed by atoms with Gasteiger partial charge in [0.1, 0.15) is 5.75 Å². The van der Waals surface area contributed by atoms with Crippen molar-refractivity contribution in [1.82, 2.24) is 14.8 Å². The van der Waals surface area contributed by atoms with E-state index >= 15 is 0 Å². The van der Waals surface area contributed by atoms with Gasteiger partial charge in [-0.15, -0.1) is 10.2 Å². The average Bonchev–Trinajstić information content (AvgIpc) is 3.13. The Hall–Kier alpha value is -1.74. The Morgan fingerprint density at radius 1 is 1.23 bits per heavy atom. The first-order valence-electron chi connectivity index (χ1n) is 9.10. The number of ether oxygens (including phenoxy) is 1. The zero-order chi connectivity index (χ0) is 21.7. The third kappa shape index (κ3) is 5.91. The van der Waals surface area contributed by atoms with Crippen molar-refractivity contribution in [3.8, 4) is 5.75 Å². The van der Waals surface area contributed by atoms with Gasteiger partial charge in [-0.1, -0.05) is 50.9 Å². The van der Waals surface area contributed by atoms with Crippen LogP contribution in [-0.2, 0) is 11.3 Å². The molecule has 1 N–H and O–H groups in total. The molecule has 0 aliphatic carbocycles.